The van der Waals surface area contributed by atoms with Crippen LogP contribution in [-0.4, -0.2) is 41.7 Å². The second-order valence-electron chi connectivity index (χ2n) is 4.76. The minimum absolute atomic E-state index is 0.157. The highest BCUT2D eigenvalue weighted by atomic mass is 32.2. The van der Waals surface area contributed by atoms with E-state index in [4.69, 9.17) is 4.74 Å². The van der Waals surface area contributed by atoms with E-state index >= 15 is 0 Å². The number of hydrazone groups is 1. The Hall–Kier alpha value is -2.99. The standard InChI is InChI=1S/C13H17N7O4S/c1-8-7-20(12(22)17-15-8)18-11(21)16-19-25-13(23)14-9-3-5-10(24-2)6-4-9/h3-6,19H,7H2,1-2H3,(H,14,23)(H,17,22)(H2,16,18,21). The summed E-state index contributed by atoms with van der Waals surface area (Å²) in [4.78, 5) is 37.2. The van der Waals surface area contributed by atoms with Crippen LogP contribution in [0.5, 0.6) is 5.75 Å². The summed E-state index contributed by atoms with van der Waals surface area (Å²) in [5.74, 6) is 0.671. The van der Waals surface area contributed by atoms with E-state index in [1.54, 1.807) is 38.3 Å². The van der Waals surface area contributed by atoms with Gasteiger partial charge in [0, 0.05) is 17.6 Å². The summed E-state index contributed by atoms with van der Waals surface area (Å²) >= 11 is 0.627. The van der Waals surface area contributed by atoms with E-state index in [-0.39, 0.29) is 6.54 Å². The molecule has 0 radical (unpaired) electrons. The third-order valence-corrected chi connectivity index (χ3v) is 3.35. The van der Waals surface area contributed by atoms with Gasteiger partial charge >= 0.3 is 12.1 Å². The van der Waals surface area contributed by atoms with E-state index in [1.165, 1.54) is 0 Å². The first-order chi connectivity index (χ1) is 12.0. The lowest BCUT2D eigenvalue weighted by molar-refractivity contribution is 0.172. The summed E-state index contributed by atoms with van der Waals surface area (Å²) in [6.07, 6.45) is 0. The number of anilines is 1. The van der Waals surface area contributed by atoms with Crippen molar-refractivity contribution >= 4 is 40.6 Å². The van der Waals surface area contributed by atoms with Gasteiger partial charge in [-0.05, 0) is 31.2 Å². The highest BCUT2D eigenvalue weighted by molar-refractivity contribution is 8.12. The van der Waals surface area contributed by atoms with Crippen molar-refractivity contribution in [3.63, 3.8) is 0 Å². The molecule has 134 valence electrons. The first-order valence-corrected chi connectivity index (χ1v) is 7.84. The summed E-state index contributed by atoms with van der Waals surface area (Å²) in [5, 5.41) is 6.94. The summed E-state index contributed by atoms with van der Waals surface area (Å²) in [6.45, 7) is 1.86. The monoisotopic (exact) mass is 367 g/mol. The third-order valence-electron chi connectivity index (χ3n) is 2.86. The number of carbonyl (C=O) groups is 3. The number of nitrogens with zero attached hydrogens (tertiary/aromatic N) is 2. The summed E-state index contributed by atoms with van der Waals surface area (Å²) in [7, 11) is 1.55. The summed E-state index contributed by atoms with van der Waals surface area (Å²) in [5.41, 5.74) is 7.96. The Balaban J connectivity index is 1.68. The molecule has 11 nitrogen and oxygen atoms in total. The van der Waals surface area contributed by atoms with Crippen LogP contribution < -0.4 is 31.2 Å². The van der Waals surface area contributed by atoms with Crippen molar-refractivity contribution in [3.8, 4) is 5.75 Å². The van der Waals surface area contributed by atoms with Crippen LogP contribution in [0.15, 0.2) is 29.4 Å². The topological polar surface area (TPSA) is 136 Å². The van der Waals surface area contributed by atoms with E-state index < -0.39 is 17.3 Å². The maximum atomic E-state index is 11.7. The average molecular weight is 367 g/mol. The number of methoxy groups -OCH3 is 1. The van der Waals surface area contributed by atoms with E-state index in [2.05, 4.69) is 31.5 Å². The molecule has 0 spiro atoms. The van der Waals surface area contributed by atoms with Crippen LogP contribution in [0.25, 0.3) is 0 Å². The summed E-state index contributed by atoms with van der Waals surface area (Å²) < 4.78 is 5.02. The first kappa shape index (κ1) is 18.4. The smallest absolute Gasteiger partial charge is 0.356 e. The quantitative estimate of drug-likeness (QED) is 0.389. The number of amides is 5. The largest absolute Gasteiger partial charge is 0.497 e. The molecule has 1 aromatic rings. The molecular weight excluding hydrogens is 350 g/mol. The van der Waals surface area contributed by atoms with Crippen LogP contribution in [0.4, 0.5) is 20.1 Å². The Morgan fingerprint density at radius 2 is 2.04 bits per heavy atom. The van der Waals surface area contributed by atoms with Crippen molar-refractivity contribution in [3.05, 3.63) is 24.3 Å². The number of nitrogens with one attached hydrogen (secondary N) is 5. The highest BCUT2D eigenvalue weighted by Crippen LogP contribution is 2.16. The van der Waals surface area contributed by atoms with Gasteiger partial charge in [-0.25, -0.2) is 25.4 Å². The molecule has 5 N–H and O–H groups in total. The molecule has 2 rings (SSSR count). The van der Waals surface area contributed by atoms with Crippen molar-refractivity contribution in [2.24, 2.45) is 5.10 Å². The fourth-order valence-corrected chi connectivity index (χ4v) is 2.12. The van der Waals surface area contributed by atoms with Gasteiger partial charge in [0.25, 0.3) is 5.24 Å². The Kier molecular flexibility index (Phi) is 6.42. The average Bonchev–Trinajstić information content (AvgIpc) is 2.59. The van der Waals surface area contributed by atoms with Gasteiger partial charge in [0.05, 0.1) is 19.4 Å². The Morgan fingerprint density at radius 3 is 2.72 bits per heavy atom. The van der Waals surface area contributed by atoms with Gasteiger partial charge in [-0.3, -0.25) is 10.2 Å². The molecule has 0 saturated carbocycles. The van der Waals surface area contributed by atoms with Crippen LogP contribution in [-0.2, 0) is 0 Å². The van der Waals surface area contributed by atoms with Gasteiger partial charge in [0.2, 0.25) is 0 Å². The molecule has 1 aliphatic heterocycles. The molecule has 5 amide bonds. The molecular formula is C13H17N7O4S. The van der Waals surface area contributed by atoms with Crippen LogP contribution in [0.1, 0.15) is 6.92 Å². The maximum absolute atomic E-state index is 11.7. The van der Waals surface area contributed by atoms with Crippen LogP contribution in [0, 0.1) is 0 Å². The molecule has 0 bridgehead atoms. The van der Waals surface area contributed by atoms with Gasteiger partial charge < -0.3 is 10.1 Å². The lowest BCUT2D eigenvalue weighted by Crippen LogP contribution is -2.57. The molecule has 1 aliphatic rings. The molecule has 1 heterocycles. The molecule has 0 atom stereocenters. The van der Waals surface area contributed by atoms with Gasteiger partial charge in [-0.2, -0.15) is 9.93 Å². The zero-order valence-electron chi connectivity index (χ0n) is 13.5. The van der Waals surface area contributed by atoms with Crippen LogP contribution >= 0.6 is 11.9 Å². The lowest BCUT2D eigenvalue weighted by Gasteiger charge is -2.25. The summed E-state index contributed by atoms with van der Waals surface area (Å²) in [6, 6.07) is 5.48. The van der Waals surface area contributed by atoms with Crippen molar-refractivity contribution in [2.45, 2.75) is 6.92 Å². The van der Waals surface area contributed by atoms with Crippen molar-refractivity contribution in [1.29, 1.82) is 0 Å². The van der Waals surface area contributed by atoms with E-state index in [0.29, 0.717) is 29.1 Å². The predicted molar refractivity (Wildman–Crippen MR) is 92.8 cm³/mol. The molecule has 0 aliphatic carbocycles. The maximum Gasteiger partial charge on any atom is 0.356 e. The lowest BCUT2D eigenvalue weighted by atomic mass is 10.3. The number of rotatable bonds is 5. The molecule has 1 aromatic carbocycles. The number of benzene rings is 1. The van der Waals surface area contributed by atoms with Crippen LogP contribution in [0.3, 0.4) is 0 Å². The number of urea groups is 2. The van der Waals surface area contributed by atoms with Gasteiger partial charge in [-0.15, -0.1) is 0 Å². The normalized spacial score (nSPS) is 13.4. The van der Waals surface area contributed by atoms with Crippen molar-refractivity contribution < 1.29 is 19.1 Å². The van der Waals surface area contributed by atoms with Gasteiger partial charge in [0.1, 0.15) is 5.75 Å². The Morgan fingerprint density at radius 1 is 1.32 bits per heavy atom. The second-order valence-corrected chi connectivity index (χ2v) is 5.54. The predicted octanol–water partition coefficient (Wildman–Crippen LogP) is 0.995. The van der Waals surface area contributed by atoms with Gasteiger partial charge in [0.15, 0.2) is 0 Å². The van der Waals surface area contributed by atoms with E-state index in [9.17, 15) is 14.4 Å². The van der Waals surface area contributed by atoms with Crippen LogP contribution in [0.2, 0.25) is 0 Å². The molecule has 12 heteroatoms. The molecule has 0 aromatic heterocycles. The third kappa shape index (κ3) is 5.86. The number of carbonyl (C=O) groups excluding carboxylic acids is 3. The first-order valence-electron chi connectivity index (χ1n) is 7.02. The van der Waals surface area contributed by atoms with Crippen molar-refractivity contribution in [2.75, 3.05) is 19.0 Å². The van der Waals surface area contributed by atoms with E-state index in [0.717, 1.165) is 5.01 Å². The number of ether oxygens (including phenoxy) is 1. The Labute approximate surface area is 147 Å². The second kappa shape index (κ2) is 8.75. The molecule has 25 heavy (non-hydrogen) atoms. The number of hydrogen-bond acceptors (Lipinski definition) is 7. The number of hydrogen-bond donors (Lipinski definition) is 5. The zero-order chi connectivity index (χ0) is 18.2. The van der Waals surface area contributed by atoms with Crippen molar-refractivity contribution in [1.82, 2.24) is 26.1 Å². The Bertz CT molecular complexity index is 679. The minimum Gasteiger partial charge on any atom is -0.497 e. The van der Waals surface area contributed by atoms with Gasteiger partial charge in [-0.1, -0.05) is 0 Å². The molecule has 0 fully saturated rings. The fourth-order valence-electron chi connectivity index (χ4n) is 1.72. The number of hydrazine groups is 2. The fraction of sp³-hybridized carbons (Fsp3) is 0.231. The zero-order valence-corrected chi connectivity index (χ0v) is 14.3. The highest BCUT2D eigenvalue weighted by Gasteiger charge is 2.20. The molecule has 0 unspecified atom stereocenters. The van der Waals surface area contributed by atoms with E-state index in [1.807, 2.05) is 0 Å². The SMILES string of the molecule is COc1ccc(NC(=O)SNNC(=O)NN2CC(C)=NNC2=O)cc1. The molecule has 0 saturated heterocycles. The minimum atomic E-state index is -0.713.